The number of rotatable bonds is 8. The highest BCUT2D eigenvalue weighted by Crippen LogP contribution is 2.21. The van der Waals surface area contributed by atoms with Crippen molar-refractivity contribution >= 4 is 23.2 Å². The molecule has 2 nitrogen and oxygen atoms in total. The van der Waals surface area contributed by atoms with Gasteiger partial charge in [0.05, 0.1) is 13.2 Å². The largest absolute Gasteiger partial charge is 0.380 e. The molecule has 1 aromatic rings. The van der Waals surface area contributed by atoms with Crippen LogP contribution in [0.4, 0.5) is 0 Å². The van der Waals surface area contributed by atoms with Gasteiger partial charge in [-0.3, -0.25) is 0 Å². The summed E-state index contributed by atoms with van der Waals surface area (Å²) in [7, 11) is 0. The Morgan fingerprint density at radius 2 is 2.00 bits per heavy atom. The quantitative estimate of drug-likeness (QED) is 0.735. The zero-order valence-electron chi connectivity index (χ0n) is 11.0. The second-order valence-corrected chi connectivity index (χ2v) is 5.54. The highest BCUT2D eigenvalue weighted by Gasteiger charge is 2.01. The van der Waals surface area contributed by atoms with Gasteiger partial charge in [0.25, 0.3) is 0 Å². The third-order valence-corrected chi connectivity index (χ3v) is 3.09. The van der Waals surface area contributed by atoms with Crippen molar-refractivity contribution in [2.45, 2.75) is 20.3 Å². The molecule has 0 unspecified atom stereocenters. The standard InChI is InChI=1S/C14H21Cl2NO/c1-11(2)10-17-6-8-18-7-5-12-3-4-13(15)9-14(12)16/h3-4,9,11,17H,5-8,10H2,1-2H3. The van der Waals surface area contributed by atoms with Crippen LogP contribution in [0.3, 0.4) is 0 Å². The molecule has 0 aliphatic rings. The lowest BCUT2D eigenvalue weighted by molar-refractivity contribution is 0.138. The molecule has 0 aliphatic carbocycles. The van der Waals surface area contributed by atoms with Gasteiger partial charge in [-0.1, -0.05) is 43.1 Å². The molecule has 18 heavy (non-hydrogen) atoms. The first-order valence-electron chi connectivity index (χ1n) is 6.32. The van der Waals surface area contributed by atoms with Crippen LogP contribution in [-0.2, 0) is 11.2 Å². The van der Waals surface area contributed by atoms with Crippen molar-refractivity contribution in [1.29, 1.82) is 0 Å². The summed E-state index contributed by atoms with van der Waals surface area (Å²) in [6, 6.07) is 5.57. The Labute approximate surface area is 120 Å². The molecule has 0 aromatic heterocycles. The van der Waals surface area contributed by atoms with E-state index in [2.05, 4.69) is 19.2 Å². The molecule has 0 atom stereocenters. The van der Waals surface area contributed by atoms with Gasteiger partial charge < -0.3 is 10.1 Å². The average molecular weight is 290 g/mol. The van der Waals surface area contributed by atoms with E-state index in [1.54, 1.807) is 6.07 Å². The van der Waals surface area contributed by atoms with E-state index in [1.807, 2.05) is 12.1 Å². The van der Waals surface area contributed by atoms with Crippen molar-refractivity contribution in [2.75, 3.05) is 26.3 Å². The summed E-state index contributed by atoms with van der Waals surface area (Å²) in [5, 5.41) is 4.71. The van der Waals surface area contributed by atoms with Crippen molar-refractivity contribution in [3.8, 4) is 0 Å². The van der Waals surface area contributed by atoms with Crippen molar-refractivity contribution in [1.82, 2.24) is 5.32 Å². The molecular formula is C14H21Cl2NO. The van der Waals surface area contributed by atoms with E-state index < -0.39 is 0 Å². The fourth-order valence-electron chi connectivity index (χ4n) is 1.54. The first-order chi connectivity index (χ1) is 8.59. The first kappa shape index (κ1) is 15.8. The summed E-state index contributed by atoms with van der Waals surface area (Å²) in [6.45, 7) is 7.73. The minimum Gasteiger partial charge on any atom is -0.380 e. The molecule has 4 heteroatoms. The van der Waals surface area contributed by atoms with Gasteiger partial charge >= 0.3 is 0 Å². The summed E-state index contributed by atoms with van der Waals surface area (Å²) >= 11 is 11.9. The lowest BCUT2D eigenvalue weighted by Gasteiger charge is -2.08. The molecule has 0 saturated heterocycles. The van der Waals surface area contributed by atoms with Gasteiger partial charge in [-0.15, -0.1) is 0 Å². The van der Waals surface area contributed by atoms with Gasteiger partial charge in [0.15, 0.2) is 0 Å². The zero-order valence-corrected chi connectivity index (χ0v) is 12.5. The Morgan fingerprint density at radius 1 is 1.22 bits per heavy atom. The molecule has 0 saturated carbocycles. The average Bonchev–Trinajstić information content (AvgIpc) is 2.30. The molecule has 1 aromatic carbocycles. The Balaban J connectivity index is 2.11. The van der Waals surface area contributed by atoms with Crippen molar-refractivity contribution in [3.63, 3.8) is 0 Å². The predicted octanol–water partition coefficient (Wildman–Crippen LogP) is 3.80. The van der Waals surface area contributed by atoms with Crippen LogP contribution in [0.5, 0.6) is 0 Å². The molecule has 0 heterocycles. The van der Waals surface area contributed by atoms with Crippen LogP contribution in [0.25, 0.3) is 0 Å². The van der Waals surface area contributed by atoms with Gasteiger partial charge in [0.1, 0.15) is 0 Å². The number of nitrogens with one attached hydrogen (secondary N) is 1. The van der Waals surface area contributed by atoms with Gasteiger partial charge in [0, 0.05) is 16.6 Å². The summed E-state index contributed by atoms with van der Waals surface area (Å²) < 4.78 is 5.55. The second kappa shape index (κ2) is 8.76. The van der Waals surface area contributed by atoms with Crippen LogP contribution >= 0.6 is 23.2 Å². The van der Waals surface area contributed by atoms with Crippen molar-refractivity contribution < 1.29 is 4.74 Å². The molecule has 0 fully saturated rings. The van der Waals surface area contributed by atoms with Crippen LogP contribution < -0.4 is 5.32 Å². The van der Waals surface area contributed by atoms with E-state index in [0.717, 1.165) is 31.7 Å². The fourth-order valence-corrected chi connectivity index (χ4v) is 2.05. The molecule has 102 valence electrons. The van der Waals surface area contributed by atoms with Crippen LogP contribution in [-0.4, -0.2) is 26.3 Å². The minimum atomic E-state index is 0.669. The molecule has 0 amide bonds. The summed E-state index contributed by atoms with van der Waals surface area (Å²) in [4.78, 5) is 0. The smallest absolute Gasteiger partial charge is 0.0591 e. The molecule has 0 radical (unpaired) electrons. The normalized spacial score (nSPS) is 11.2. The molecule has 0 bridgehead atoms. The summed E-state index contributed by atoms with van der Waals surface area (Å²) in [5.41, 5.74) is 1.08. The van der Waals surface area contributed by atoms with E-state index in [4.69, 9.17) is 27.9 Å². The minimum absolute atomic E-state index is 0.669. The number of hydrogen-bond donors (Lipinski definition) is 1. The van der Waals surface area contributed by atoms with Crippen LogP contribution in [0.1, 0.15) is 19.4 Å². The molecule has 1 N–H and O–H groups in total. The second-order valence-electron chi connectivity index (χ2n) is 4.70. The highest BCUT2D eigenvalue weighted by molar-refractivity contribution is 6.35. The zero-order chi connectivity index (χ0) is 13.4. The van der Waals surface area contributed by atoms with Crippen molar-refractivity contribution in [2.24, 2.45) is 5.92 Å². The number of hydrogen-bond acceptors (Lipinski definition) is 2. The van der Waals surface area contributed by atoms with E-state index in [1.165, 1.54) is 0 Å². The van der Waals surface area contributed by atoms with E-state index in [-0.39, 0.29) is 0 Å². The number of benzene rings is 1. The maximum absolute atomic E-state index is 6.07. The van der Waals surface area contributed by atoms with Crippen LogP contribution in [0.2, 0.25) is 10.0 Å². The first-order valence-corrected chi connectivity index (χ1v) is 7.07. The summed E-state index contributed by atoms with van der Waals surface area (Å²) in [5.74, 6) is 0.679. The highest BCUT2D eigenvalue weighted by atomic mass is 35.5. The van der Waals surface area contributed by atoms with Crippen LogP contribution in [0, 0.1) is 5.92 Å². The number of ether oxygens (including phenoxy) is 1. The van der Waals surface area contributed by atoms with Gasteiger partial charge in [0.2, 0.25) is 0 Å². The van der Waals surface area contributed by atoms with Gasteiger partial charge in [-0.2, -0.15) is 0 Å². The SMILES string of the molecule is CC(C)CNCCOCCc1ccc(Cl)cc1Cl. The van der Waals surface area contributed by atoms with Crippen LogP contribution in [0.15, 0.2) is 18.2 Å². The topological polar surface area (TPSA) is 21.3 Å². The van der Waals surface area contributed by atoms with E-state index in [0.29, 0.717) is 22.6 Å². The molecule has 1 rings (SSSR count). The number of halogens is 2. The Hall–Kier alpha value is -0.280. The van der Waals surface area contributed by atoms with Crippen molar-refractivity contribution in [3.05, 3.63) is 33.8 Å². The third kappa shape index (κ3) is 6.60. The van der Waals surface area contributed by atoms with E-state index in [9.17, 15) is 0 Å². The molecular weight excluding hydrogens is 269 g/mol. The lowest BCUT2D eigenvalue weighted by Crippen LogP contribution is -2.24. The molecule has 0 aliphatic heterocycles. The Morgan fingerprint density at radius 3 is 2.67 bits per heavy atom. The van der Waals surface area contributed by atoms with Gasteiger partial charge in [-0.25, -0.2) is 0 Å². The molecule has 0 spiro atoms. The lowest BCUT2D eigenvalue weighted by atomic mass is 10.2. The monoisotopic (exact) mass is 289 g/mol. The fraction of sp³-hybridized carbons (Fsp3) is 0.571. The third-order valence-electron chi connectivity index (χ3n) is 2.51. The maximum atomic E-state index is 6.07. The predicted molar refractivity (Wildman–Crippen MR) is 78.7 cm³/mol. The Bertz CT molecular complexity index is 356. The summed E-state index contributed by atoms with van der Waals surface area (Å²) in [6.07, 6.45) is 0.820. The van der Waals surface area contributed by atoms with Gasteiger partial charge in [-0.05, 0) is 36.6 Å². The van der Waals surface area contributed by atoms with E-state index >= 15 is 0 Å². The Kier molecular flexibility index (Phi) is 7.68. The maximum Gasteiger partial charge on any atom is 0.0591 e.